The molecule has 1 aliphatic heterocycles. The Morgan fingerprint density at radius 2 is 2.07 bits per heavy atom. The van der Waals surface area contributed by atoms with E-state index < -0.39 is 0 Å². The van der Waals surface area contributed by atoms with E-state index >= 15 is 0 Å². The lowest BCUT2D eigenvalue weighted by Crippen LogP contribution is -2.30. The van der Waals surface area contributed by atoms with E-state index in [-0.39, 0.29) is 5.91 Å². The van der Waals surface area contributed by atoms with Crippen LogP contribution in [0.5, 0.6) is 0 Å². The Bertz CT molecular complexity index is 1020. The van der Waals surface area contributed by atoms with Crippen LogP contribution in [0.1, 0.15) is 35.1 Å². The summed E-state index contributed by atoms with van der Waals surface area (Å²) < 4.78 is 13.1. The normalized spacial score (nSPS) is 13.3. The first kappa shape index (κ1) is 20.3. The number of aryl methyl sites for hydroxylation is 2. The molecule has 0 unspecified atom stereocenters. The number of aromatic nitrogens is 4. The van der Waals surface area contributed by atoms with Crippen molar-refractivity contribution in [3.8, 4) is 11.6 Å². The maximum atomic E-state index is 12.5. The third-order valence-corrected chi connectivity index (χ3v) is 5.44. The molecular weight excluding hydrogens is 382 g/mol. The Hall–Kier alpha value is -3.00. The van der Waals surface area contributed by atoms with Gasteiger partial charge in [0.15, 0.2) is 11.5 Å². The van der Waals surface area contributed by atoms with Crippen molar-refractivity contribution in [2.75, 3.05) is 20.2 Å². The smallest absolute Gasteiger partial charge is 0.278 e. The molecule has 0 spiro atoms. The zero-order valence-corrected chi connectivity index (χ0v) is 17.7. The van der Waals surface area contributed by atoms with Crippen LogP contribution >= 0.6 is 0 Å². The van der Waals surface area contributed by atoms with E-state index in [1.807, 2.05) is 35.9 Å². The maximum Gasteiger partial charge on any atom is 0.278 e. The minimum atomic E-state index is 0.0653. The highest BCUT2D eigenvalue weighted by molar-refractivity contribution is 5.78. The molecule has 0 saturated carbocycles. The lowest BCUT2D eigenvalue weighted by Gasteiger charge is -2.16. The Morgan fingerprint density at radius 1 is 1.27 bits per heavy atom. The number of carbonyl (C=O) groups is 1. The molecule has 0 fully saturated rings. The van der Waals surface area contributed by atoms with Gasteiger partial charge in [0.2, 0.25) is 5.91 Å². The van der Waals surface area contributed by atoms with E-state index in [1.54, 1.807) is 11.9 Å². The zero-order chi connectivity index (χ0) is 21.1. The summed E-state index contributed by atoms with van der Waals surface area (Å²) in [4.78, 5) is 18.7. The van der Waals surface area contributed by atoms with Crippen LogP contribution in [0.3, 0.4) is 0 Å². The number of ether oxygens (including phenoxy) is 1. The summed E-state index contributed by atoms with van der Waals surface area (Å²) in [6.45, 7) is 6.63. The third kappa shape index (κ3) is 4.28. The fourth-order valence-electron chi connectivity index (χ4n) is 3.60. The predicted octanol–water partition coefficient (Wildman–Crippen LogP) is 2.58. The number of carbonyl (C=O) groups excluding carboxylic acids is 1. The quantitative estimate of drug-likeness (QED) is 0.596. The number of nitrogens with zero attached hydrogens (tertiary/aromatic N) is 5. The molecule has 0 saturated heterocycles. The van der Waals surface area contributed by atoms with Gasteiger partial charge in [-0.3, -0.25) is 9.48 Å². The van der Waals surface area contributed by atoms with E-state index in [0.717, 1.165) is 24.1 Å². The van der Waals surface area contributed by atoms with Crippen LogP contribution in [0.2, 0.25) is 0 Å². The van der Waals surface area contributed by atoms with Gasteiger partial charge in [0, 0.05) is 44.2 Å². The van der Waals surface area contributed by atoms with E-state index in [9.17, 15) is 4.79 Å². The first-order valence-electron chi connectivity index (χ1n) is 10.3. The van der Waals surface area contributed by atoms with Crippen molar-refractivity contribution >= 4 is 5.91 Å². The molecule has 0 atom stereocenters. The Labute approximate surface area is 175 Å². The summed E-state index contributed by atoms with van der Waals surface area (Å²) in [6, 6.07) is 8.03. The van der Waals surface area contributed by atoms with Gasteiger partial charge in [-0.1, -0.05) is 35.0 Å². The molecule has 1 aliphatic rings. The number of benzene rings is 1. The largest absolute Gasteiger partial charge is 0.376 e. The number of hydrogen-bond acceptors (Lipinski definition) is 6. The van der Waals surface area contributed by atoms with Crippen LogP contribution in [0.4, 0.5) is 0 Å². The van der Waals surface area contributed by atoms with Crippen LogP contribution < -0.4 is 0 Å². The molecule has 8 nitrogen and oxygen atoms in total. The number of hydrogen-bond donors (Lipinski definition) is 0. The molecule has 2 aromatic heterocycles. The van der Waals surface area contributed by atoms with E-state index in [0.29, 0.717) is 50.0 Å². The van der Waals surface area contributed by atoms with Crippen LogP contribution in [-0.4, -0.2) is 50.9 Å². The molecule has 0 bridgehead atoms. The average Bonchev–Trinajstić information content (AvgIpc) is 3.38. The van der Waals surface area contributed by atoms with Crippen LogP contribution in [0.25, 0.3) is 11.6 Å². The van der Waals surface area contributed by atoms with Crippen molar-refractivity contribution in [1.29, 1.82) is 0 Å². The van der Waals surface area contributed by atoms with Gasteiger partial charge in [-0.05, 0) is 19.4 Å². The monoisotopic (exact) mass is 409 g/mol. The highest BCUT2D eigenvalue weighted by Gasteiger charge is 2.25. The topological polar surface area (TPSA) is 86.3 Å². The first-order valence-corrected chi connectivity index (χ1v) is 10.3. The van der Waals surface area contributed by atoms with Gasteiger partial charge < -0.3 is 14.2 Å². The minimum Gasteiger partial charge on any atom is -0.376 e. The van der Waals surface area contributed by atoms with Gasteiger partial charge >= 0.3 is 0 Å². The van der Waals surface area contributed by atoms with Gasteiger partial charge in [0.25, 0.3) is 5.89 Å². The summed E-state index contributed by atoms with van der Waals surface area (Å²) in [5, 5.41) is 8.73. The second-order valence-electron chi connectivity index (χ2n) is 7.64. The van der Waals surface area contributed by atoms with Crippen molar-refractivity contribution in [2.45, 2.75) is 46.3 Å². The van der Waals surface area contributed by atoms with Crippen molar-refractivity contribution in [3.63, 3.8) is 0 Å². The number of amides is 1. The van der Waals surface area contributed by atoms with Crippen molar-refractivity contribution < 1.29 is 14.1 Å². The molecule has 0 radical (unpaired) electrons. The maximum absolute atomic E-state index is 12.5. The molecule has 3 heterocycles. The first-order chi connectivity index (χ1) is 14.5. The second kappa shape index (κ2) is 8.79. The zero-order valence-electron chi connectivity index (χ0n) is 17.7. The number of rotatable bonds is 7. The lowest BCUT2D eigenvalue weighted by atomic mass is 10.1. The summed E-state index contributed by atoms with van der Waals surface area (Å²) in [5.74, 6) is 1.04. The fraction of sp³-hybridized carbons (Fsp3) is 0.455. The Kier molecular flexibility index (Phi) is 5.94. The summed E-state index contributed by atoms with van der Waals surface area (Å²) in [7, 11) is 1.80. The highest BCUT2D eigenvalue weighted by atomic mass is 16.5. The molecule has 4 rings (SSSR count). The number of fused-ring (bicyclic) bond motifs is 1. The Morgan fingerprint density at radius 3 is 2.83 bits per heavy atom. The molecular formula is C22H27N5O3. The lowest BCUT2D eigenvalue weighted by molar-refractivity contribution is -0.129. The molecule has 158 valence electrons. The standard InChI is InChI=1S/C22H27N5O3/c1-4-27-18-10-12-29-14-17(18)21(24-27)22-23-19(25-30-22)9-11-26(3)20(28)13-16-7-5-15(2)6-8-16/h5-8H,4,9-14H2,1-3H3. The summed E-state index contributed by atoms with van der Waals surface area (Å²) >= 11 is 0. The second-order valence-corrected chi connectivity index (χ2v) is 7.64. The SMILES string of the molecule is CCn1nc(-c2nc(CCN(C)C(=O)Cc3ccc(C)cc3)no2)c2c1CCOC2. The molecule has 8 heteroatoms. The molecule has 30 heavy (non-hydrogen) atoms. The fourth-order valence-corrected chi connectivity index (χ4v) is 3.60. The van der Waals surface area contributed by atoms with Gasteiger partial charge in [-0.25, -0.2) is 0 Å². The summed E-state index contributed by atoms with van der Waals surface area (Å²) in [6.07, 6.45) is 1.74. The molecule has 0 aliphatic carbocycles. The van der Waals surface area contributed by atoms with Gasteiger partial charge in [0.05, 0.1) is 19.6 Å². The predicted molar refractivity (Wildman–Crippen MR) is 111 cm³/mol. The molecule has 3 aromatic rings. The number of likely N-dealkylation sites (N-methyl/N-ethyl adjacent to an activating group) is 1. The van der Waals surface area contributed by atoms with E-state index in [2.05, 4.69) is 22.2 Å². The van der Waals surface area contributed by atoms with E-state index in [1.165, 1.54) is 11.3 Å². The van der Waals surface area contributed by atoms with Crippen molar-refractivity contribution in [2.24, 2.45) is 0 Å². The van der Waals surface area contributed by atoms with Gasteiger partial charge in [-0.15, -0.1) is 0 Å². The summed E-state index contributed by atoms with van der Waals surface area (Å²) in [5.41, 5.74) is 5.11. The average molecular weight is 409 g/mol. The third-order valence-electron chi connectivity index (χ3n) is 5.44. The van der Waals surface area contributed by atoms with Gasteiger partial charge in [0.1, 0.15) is 0 Å². The van der Waals surface area contributed by atoms with Crippen LogP contribution in [0, 0.1) is 6.92 Å². The van der Waals surface area contributed by atoms with Crippen molar-refractivity contribution in [3.05, 3.63) is 52.5 Å². The highest BCUT2D eigenvalue weighted by Crippen LogP contribution is 2.28. The minimum absolute atomic E-state index is 0.0653. The molecule has 1 aromatic carbocycles. The van der Waals surface area contributed by atoms with E-state index in [4.69, 9.17) is 9.26 Å². The van der Waals surface area contributed by atoms with Crippen LogP contribution in [-0.2, 0) is 41.9 Å². The molecule has 0 N–H and O–H groups in total. The van der Waals surface area contributed by atoms with Crippen LogP contribution in [0.15, 0.2) is 28.8 Å². The van der Waals surface area contributed by atoms with Crippen molar-refractivity contribution in [1.82, 2.24) is 24.8 Å². The molecule has 1 amide bonds. The Balaban J connectivity index is 1.38. The van der Waals surface area contributed by atoms with Gasteiger partial charge in [-0.2, -0.15) is 10.1 Å².